The molecular formula is C15H14N2O4S. The Bertz CT molecular complexity index is 848. The van der Waals surface area contributed by atoms with E-state index in [1.165, 1.54) is 22.5 Å². The first-order chi connectivity index (χ1) is 10.4. The number of anilines is 1. The van der Waals surface area contributed by atoms with E-state index < -0.39 is 14.9 Å². The Morgan fingerprint density at radius 1 is 1.18 bits per heavy atom. The number of nitrogens with zero attached hydrogens (tertiary/aromatic N) is 2. The second kappa shape index (κ2) is 5.10. The van der Waals surface area contributed by atoms with Gasteiger partial charge in [0.15, 0.2) is 0 Å². The molecule has 1 aliphatic rings. The van der Waals surface area contributed by atoms with E-state index in [2.05, 4.69) is 0 Å². The van der Waals surface area contributed by atoms with E-state index in [-0.39, 0.29) is 16.6 Å². The van der Waals surface area contributed by atoms with E-state index in [9.17, 15) is 18.5 Å². The first-order valence-corrected chi connectivity index (χ1v) is 8.22. The van der Waals surface area contributed by atoms with Crippen LogP contribution in [0.1, 0.15) is 12.5 Å². The molecule has 7 heteroatoms. The van der Waals surface area contributed by atoms with Crippen molar-refractivity contribution in [2.45, 2.75) is 24.3 Å². The fourth-order valence-corrected chi connectivity index (χ4v) is 4.51. The largest absolute Gasteiger partial charge is 0.270 e. The predicted molar refractivity (Wildman–Crippen MR) is 82.4 cm³/mol. The molecule has 2 aromatic rings. The molecule has 0 fully saturated rings. The zero-order valence-electron chi connectivity index (χ0n) is 11.8. The molecule has 0 aliphatic carbocycles. The number of fused-ring (bicyclic) bond motifs is 1. The maximum atomic E-state index is 12.9. The summed E-state index contributed by atoms with van der Waals surface area (Å²) in [6, 6.07) is 12.2. The minimum absolute atomic E-state index is 0.0646. The summed E-state index contributed by atoms with van der Waals surface area (Å²) in [5.74, 6) is 0. The number of nitro groups is 1. The van der Waals surface area contributed by atoms with Gasteiger partial charge in [0.05, 0.1) is 15.5 Å². The molecule has 1 heterocycles. The molecule has 1 aliphatic heterocycles. The van der Waals surface area contributed by atoms with Crippen LogP contribution in [0.3, 0.4) is 0 Å². The van der Waals surface area contributed by atoms with Gasteiger partial charge in [0.2, 0.25) is 0 Å². The predicted octanol–water partition coefficient (Wildman–Crippen LogP) is 2.73. The molecule has 0 spiro atoms. The summed E-state index contributed by atoms with van der Waals surface area (Å²) in [6.45, 7) is 1.83. The van der Waals surface area contributed by atoms with Crippen molar-refractivity contribution in [1.29, 1.82) is 0 Å². The second-order valence-corrected chi connectivity index (χ2v) is 7.05. The molecule has 22 heavy (non-hydrogen) atoms. The van der Waals surface area contributed by atoms with Crippen LogP contribution in [0.15, 0.2) is 53.4 Å². The highest BCUT2D eigenvalue weighted by molar-refractivity contribution is 7.92. The maximum Gasteiger partial charge on any atom is 0.270 e. The minimum atomic E-state index is -3.83. The Hall–Kier alpha value is -2.41. The van der Waals surface area contributed by atoms with Gasteiger partial charge < -0.3 is 0 Å². The van der Waals surface area contributed by atoms with Crippen molar-refractivity contribution >= 4 is 21.4 Å². The summed E-state index contributed by atoms with van der Waals surface area (Å²) >= 11 is 0. The molecule has 0 aromatic heterocycles. The van der Waals surface area contributed by atoms with E-state index in [0.29, 0.717) is 12.1 Å². The fourth-order valence-electron chi connectivity index (χ4n) is 2.77. The molecule has 0 saturated carbocycles. The molecule has 0 saturated heterocycles. The number of hydrogen-bond donors (Lipinski definition) is 0. The van der Waals surface area contributed by atoms with Gasteiger partial charge in [0.1, 0.15) is 0 Å². The molecule has 1 atom stereocenters. The quantitative estimate of drug-likeness (QED) is 0.643. The maximum absolute atomic E-state index is 12.9. The van der Waals surface area contributed by atoms with Crippen molar-refractivity contribution in [2.75, 3.05) is 4.31 Å². The number of benzene rings is 2. The van der Waals surface area contributed by atoms with Gasteiger partial charge in [0.25, 0.3) is 15.7 Å². The monoisotopic (exact) mass is 318 g/mol. The van der Waals surface area contributed by atoms with Crippen LogP contribution >= 0.6 is 0 Å². The lowest BCUT2D eigenvalue weighted by atomic mass is 10.1. The topological polar surface area (TPSA) is 80.5 Å². The van der Waals surface area contributed by atoms with Gasteiger partial charge in [-0.3, -0.25) is 14.4 Å². The summed E-state index contributed by atoms with van der Waals surface area (Å²) in [7, 11) is -3.83. The Balaban J connectivity index is 2.11. The Morgan fingerprint density at radius 3 is 2.64 bits per heavy atom. The number of non-ortho nitro benzene ring substituents is 1. The van der Waals surface area contributed by atoms with Gasteiger partial charge in [-0.1, -0.05) is 24.3 Å². The van der Waals surface area contributed by atoms with Crippen molar-refractivity contribution in [3.8, 4) is 0 Å². The average Bonchev–Trinajstić information content (AvgIpc) is 2.83. The van der Waals surface area contributed by atoms with E-state index in [1.807, 2.05) is 19.1 Å². The van der Waals surface area contributed by atoms with Crippen LogP contribution in [0.2, 0.25) is 0 Å². The van der Waals surface area contributed by atoms with Gasteiger partial charge in [-0.15, -0.1) is 0 Å². The third-order valence-corrected chi connectivity index (χ3v) is 5.65. The highest BCUT2D eigenvalue weighted by Crippen LogP contribution is 2.36. The van der Waals surface area contributed by atoms with Crippen LogP contribution in [-0.2, 0) is 16.4 Å². The molecular weight excluding hydrogens is 304 g/mol. The molecule has 0 bridgehead atoms. The van der Waals surface area contributed by atoms with Gasteiger partial charge in [-0.05, 0) is 31.0 Å². The van der Waals surface area contributed by atoms with Crippen LogP contribution in [0.4, 0.5) is 11.4 Å². The number of sulfonamides is 1. The molecule has 114 valence electrons. The fraction of sp³-hybridized carbons (Fsp3) is 0.200. The zero-order valence-corrected chi connectivity index (χ0v) is 12.7. The molecule has 3 rings (SSSR count). The van der Waals surface area contributed by atoms with Gasteiger partial charge >= 0.3 is 0 Å². The molecule has 6 nitrogen and oxygen atoms in total. The van der Waals surface area contributed by atoms with Gasteiger partial charge in [-0.25, -0.2) is 8.42 Å². The molecule has 0 amide bonds. The van der Waals surface area contributed by atoms with Crippen LogP contribution < -0.4 is 4.31 Å². The van der Waals surface area contributed by atoms with Gasteiger partial charge in [-0.2, -0.15) is 0 Å². The minimum Gasteiger partial charge on any atom is -0.263 e. The number of hydrogen-bond acceptors (Lipinski definition) is 4. The summed E-state index contributed by atoms with van der Waals surface area (Å²) in [5.41, 5.74) is 1.37. The smallest absolute Gasteiger partial charge is 0.263 e. The highest BCUT2D eigenvalue weighted by Gasteiger charge is 2.36. The Labute approximate surface area is 128 Å². The normalized spacial score (nSPS) is 17.3. The lowest BCUT2D eigenvalue weighted by Crippen LogP contribution is -2.35. The van der Waals surface area contributed by atoms with E-state index in [0.717, 1.165) is 11.6 Å². The summed E-state index contributed by atoms with van der Waals surface area (Å²) in [4.78, 5) is 10.2. The Morgan fingerprint density at radius 2 is 1.91 bits per heavy atom. The highest BCUT2D eigenvalue weighted by atomic mass is 32.2. The number of rotatable bonds is 3. The van der Waals surface area contributed by atoms with Crippen LogP contribution in [-0.4, -0.2) is 19.4 Å². The SMILES string of the molecule is C[C@@H]1Cc2ccccc2N1S(=O)(=O)c1cccc([N+](=O)[O-])c1. The Kier molecular flexibility index (Phi) is 3.37. The van der Waals surface area contributed by atoms with Crippen molar-refractivity contribution in [3.05, 3.63) is 64.2 Å². The third-order valence-electron chi connectivity index (χ3n) is 3.73. The van der Waals surface area contributed by atoms with Crippen LogP contribution in [0.5, 0.6) is 0 Å². The standard InChI is InChI=1S/C15H14N2O4S/c1-11-9-12-5-2-3-8-15(12)16(11)22(20,21)14-7-4-6-13(10-14)17(18)19/h2-8,10-11H,9H2,1H3/t11-/m1/s1. The van der Waals surface area contributed by atoms with Crippen molar-refractivity contribution in [3.63, 3.8) is 0 Å². The van der Waals surface area contributed by atoms with Crippen molar-refractivity contribution < 1.29 is 13.3 Å². The summed E-state index contributed by atoms with van der Waals surface area (Å²) in [6.07, 6.45) is 0.629. The van der Waals surface area contributed by atoms with Crippen molar-refractivity contribution in [2.24, 2.45) is 0 Å². The second-order valence-electron chi connectivity index (χ2n) is 5.24. The van der Waals surface area contributed by atoms with E-state index >= 15 is 0 Å². The molecule has 0 N–H and O–H groups in total. The van der Waals surface area contributed by atoms with Gasteiger partial charge in [0, 0.05) is 18.2 Å². The molecule has 0 radical (unpaired) electrons. The lowest BCUT2D eigenvalue weighted by Gasteiger charge is -2.24. The zero-order chi connectivity index (χ0) is 15.9. The molecule has 0 unspecified atom stereocenters. The number of nitro benzene ring substituents is 1. The molecule has 2 aromatic carbocycles. The third kappa shape index (κ3) is 2.23. The van der Waals surface area contributed by atoms with Crippen LogP contribution in [0, 0.1) is 10.1 Å². The van der Waals surface area contributed by atoms with E-state index in [4.69, 9.17) is 0 Å². The number of para-hydroxylation sites is 1. The lowest BCUT2D eigenvalue weighted by molar-refractivity contribution is -0.385. The van der Waals surface area contributed by atoms with Crippen molar-refractivity contribution in [1.82, 2.24) is 0 Å². The summed E-state index contributed by atoms with van der Waals surface area (Å²) in [5, 5.41) is 10.9. The summed E-state index contributed by atoms with van der Waals surface area (Å²) < 4.78 is 27.1. The average molecular weight is 318 g/mol. The first kappa shape index (κ1) is 14.5. The van der Waals surface area contributed by atoms with E-state index in [1.54, 1.807) is 12.1 Å². The van der Waals surface area contributed by atoms with Crippen LogP contribution in [0.25, 0.3) is 0 Å². The first-order valence-electron chi connectivity index (χ1n) is 6.78.